The van der Waals surface area contributed by atoms with Gasteiger partial charge in [0.1, 0.15) is 11.8 Å². The van der Waals surface area contributed by atoms with Crippen molar-refractivity contribution in [1.82, 2.24) is 15.1 Å². The van der Waals surface area contributed by atoms with Crippen LogP contribution in [0.1, 0.15) is 26.7 Å². The highest BCUT2D eigenvalue weighted by atomic mass is 32.2. The van der Waals surface area contributed by atoms with Crippen LogP contribution in [0.3, 0.4) is 0 Å². The number of anilines is 1. The van der Waals surface area contributed by atoms with Crippen molar-refractivity contribution in [1.29, 1.82) is 0 Å². The van der Waals surface area contributed by atoms with Crippen LogP contribution in [0.15, 0.2) is 24.3 Å². The van der Waals surface area contributed by atoms with E-state index in [4.69, 9.17) is 9.47 Å². The van der Waals surface area contributed by atoms with Gasteiger partial charge in [-0.3, -0.25) is 19.3 Å². The predicted molar refractivity (Wildman–Crippen MR) is 144 cm³/mol. The number of fused-ring (bicyclic) bond motifs is 1. The monoisotopic (exact) mass is 546 g/mol. The number of hydrogen-bond acceptors (Lipinski definition) is 8. The average molecular weight is 547 g/mol. The van der Waals surface area contributed by atoms with E-state index in [0.717, 1.165) is 25.3 Å². The number of likely N-dealkylation sites (tertiary alicyclic amines) is 1. The normalized spacial score (nSPS) is 32.3. The summed E-state index contributed by atoms with van der Waals surface area (Å²) in [7, 11) is 0. The maximum atomic E-state index is 13.8. The number of benzene rings is 1. The van der Waals surface area contributed by atoms with Crippen molar-refractivity contribution in [3.8, 4) is 5.75 Å². The van der Waals surface area contributed by atoms with E-state index >= 15 is 0 Å². The Morgan fingerprint density at radius 2 is 1.89 bits per heavy atom. The van der Waals surface area contributed by atoms with Gasteiger partial charge in [-0.2, -0.15) is 0 Å². The molecule has 2 bridgehead atoms. The summed E-state index contributed by atoms with van der Waals surface area (Å²) in [6, 6.07) is 6.48. The molecule has 4 heterocycles. The molecule has 5 atom stereocenters. The summed E-state index contributed by atoms with van der Waals surface area (Å²) in [5.74, 6) is -1.09. The van der Waals surface area contributed by atoms with E-state index in [1.54, 1.807) is 36.0 Å². The van der Waals surface area contributed by atoms with Crippen LogP contribution < -0.4 is 15.4 Å². The van der Waals surface area contributed by atoms with E-state index in [1.807, 2.05) is 13.8 Å². The first kappa shape index (κ1) is 27.2. The average Bonchev–Trinajstić information content (AvgIpc) is 3.47. The Bertz CT molecular complexity index is 1050. The van der Waals surface area contributed by atoms with Gasteiger partial charge in [0.2, 0.25) is 17.7 Å². The Kier molecular flexibility index (Phi) is 7.91. The van der Waals surface area contributed by atoms with Crippen molar-refractivity contribution in [2.75, 3.05) is 64.5 Å². The molecule has 5 rings (SSSR count). The fourth-order valence-electron chi connectivity index (χ4n) is 6.76. The number of rotatable bonds is 10. The molecule has 4 saturated heterocycles. The molecule has 4 aliphatic rings. The number of hydrogen-bond donors (Lipinski definition) is 3. The second-order valence-corrected chi connectivity index (χ2v) is 12.6. The Labute approximate surface area is 227 Å². The molecule has 1 aromatic rings. The van der Waals surface area contributed by atoms with Gasteiger partial charge in [-0.15, -0.1) is 11.8 Å². The standard InChI is InChI=1S/C27H38N4O6S/c1-3-37-19-6-4-18(5-7-19)29-23(33)20-21-25(35)31(12-15-32)22(27(21)9-8-26(20,2)38-27)24(34)28-10-11-30-13-16-36-17-14-30/h4-7,20-22,32H,3,8-17H2,1-2H3,(H,28,34)(H,29,33)/t20-,21-,22?,26+,27?/m0/s1. The van der Waals surface area contributed by atoms with E-state index in [2.05, 4.69) is 15.5 Å². The first-order chi connectivity index (χ1) is 18.3. The van der Waals surface area contributed by atoms with Crippen LogP contribution in [-0.4, -0.2) is 107 Å². The van der Waals surface area contributed by atoms with E-state index in [9.17, 15) is 19.5 Å². The van der Waals surface area contributed by atoms with Crippen molar-refractivity contribution in [2.24, 2.45) is 11.8 Å². The molecule has 0 aliphatic carbocycles. The number of amides is 3. The Balaban J connectivity index is 1.34. The number of thioether (sulfide) groups is 1. The largest absolute Gasteiger partial charge is 0.494 e. The molecular weight excluding hydrogens is 508 g/mol. The SMILES string of the molecule is CCOc1ccc(NC(=O)[C@@H]2[C@H]3C(=O)N(CCO)C(C(=O)NCCN4CCOCC4)C34CC[C@@]2(C)S4)cc1. The van der Waals surface area contributed by atoms with Crippen LogP contribution in [-0.2, 0) is 19.1 Å². The van der Waals surface area contributed by atoms with E-state index in [-0.39, 0.29) is 30.9 Å². The van der Waals surface area contributed by atoms with Gasteiger partial charge in [-0.05, 0) is 51.0 Å². The van der Waals surface area contributed by atoms with E-state index in [0.29, 0.717) is 45.0 Å². The molecule has 38 heavy (non-hydrogen) atoms. The summed E-state index contributed by atoms with van der Waals surface area (Å²) >= 11 is 1.63. The second kappa shape index (κ2) is 11.0. The Morgan fingerprint density at radius 3 is 2.58 bits per heavy atom. The van der Waals surface area contributed by atoms with Crippen molar-refractivity contribution >= 4 is 35.2 Å². The number of carbonyl (C=O) groups is 3. The van der Waals surface area contributed by atoms with Crippen LogP contribution in [0, 0.1) is 11.8 Å². The third-order valence-corrected chi connectivity index (χ3v) is 10.4. The van der Waals surface area contributed by atoms with Crippen LogP contribution in [0.2, 0.25) is 0 Å². The molecule has 1 spiro atoms. The van der Waals surface area contributed by atoms with E-state index in [1.165, 1.54) is 4.90 Å². The predicted octanol–water partition coefficient (Wildman–Crippen LogP) is 0.946. The van der Waals surface area contributed by atoms with Gasteiger partial charge in [-0.25, -0.2) is 0 Å². The maximum Gasteiger partial charge on any atom is 0.244 e. The molecule has 0 aromatic heterocycles. The molecule has 3 amide bonds. The molecule has 11 heteroatoms. The number of morpholine rings is 1. The van der Waals surface area contributed by atoms with Crippen LogP contribution in [0.4, 0.5) is 5.69 Å². The Hall–Kier alpha value is -2.34. The first-order valence-corrected chi connectivity index (χ1v) is 14.4. The number of β-amino-alcohol motifs (C(OH)–C–C–N with tert-alkyl or cyclic N) is 1. The zero-order chi connectivity index (χ0) is 26.9. The minimum absolute atomic E-state index is 0.0726. The van der Waals surface area contributed by atoms with E-state index < -0.39 is 27.4 Å². The molecule has 4 aliphatic heterocycles. The lowest BCUT2D eigenvalue weighted by molar-refractivity contribution is -0.140. The number of carbonyl (C=O) groups excluding carboxylic acids is 3. The minimum atomic E-state index is -0.716. The molecular formula is C27H38N4O6S. The fraction of sp³-hybridized carbons (Fsp3) is 0.667. The minimum Gasteiger partial charge on any atom is -0.494 e. The molecule has 2 unspecified atom stereocenters. The van der Waals surface area contributed by atoms with Gasteiger partial charge in [-0.1, -0.05) is 0 Å². The van der Waals surface area contributed by atoms with Gasteiger partial charge >= 0.3 is 0 Å². The smallest absolute Gasteiger partial charge is 0.244 e. The lowest BCUT2D eigenvalue weighted by atomic mass is 9.66. The topological polar surface area (TPSA) is 120 Å². The highest BCUT2D eigenvalue weighted by molar-refractivity contribution is 8.02. The highest BCUT2D eigenvalue weighted by Gasteiger charge is 2.77. The summed E-state index contributed by atoms with van der Waals surface area (Å²) in [6.07, 6.45) is 1.42. The van der Waals surface area contributed by atoms with Crippen molar-refractivity contribution < 1.29 is 29.0 Å². The third-order valence-electron chi connectivity index (χ3n) is 8.41. The lowest BCUT2D eigenvalue weighted by Crippen LogP contribution is -2.55. The van der Waals surface area contributed by atoms with Gasteiger partial charge in [0.05, 0.1) is 43.0 Å². The molecule has 10 nitrogen and oxygen atoms in total. The number of aliphatic hydroxyl groups excluding tert-OH is 1. The number of nitrogens with zero attached hydrogens (tertiary/aromatic N) is 2. The lowest BCUT2D eigenvalue weighted by Gasteiger charge is -2.35. The third kappa shape index (κ3) is 4.78. The number of nitrogens with one attached hydrogen (secondary N) is 2. The number of ether oxygens (including phenoxy) is 2. The van der Waals surface area contributed by atoms with Gasteiger partial charge in [0.25, 0.3) is 0 Å². The molecule has 3 N–H and O–H groups in total. The van der Waals surface area contributed by atoms with Gasteiger partial charge in [0, 0.05) is 43.2 Å². The number of aliphatic hydroxyl groups is 1. The summed E-state index contributed by atoms with van der Waals surface area (Å²) in [5, 5.41) is 15.8. The molecule has 0 radical (unpaired) electrons. The summed E-state index contributed by atoms with van der Waals surface area (Å²) in [6.45, 7) is 8.58. The maximum absolute atomic E-state index is 13.8. The molecule has 208 valence electrons. The molecule has 0 saturated carbocycles. The zero-order valence-corrected chi connectivity index (χ0v) is 22.9. The van der Waals surface area contributed by atoms with Crippen molar-refractivity contribution in [3.05, 3.63) is 24.3 Å². The highest BCUT2D eigenvalue weighted by Crippen LogP contribution is 2.71. The van der Waals surface area contributed by atoms with Gasteiger partial charge in [0.15, 0.2) is 0 Å². The van der Waals surface area contributed by atoms with Crippen molar-refractivity contribution in [2.45, 2.75) is 42.2 Å². The zero-order valence-electron chi connectivity index (χ0n) is 22.1. The Morgan fingerprint density at radius 1 is 1.16 bits per heavy atom. The van der Waals surface area contributed by atoms with Crippen molar-refractivity contribution in [3.63, 3.8) is 0 Å². The van der Waals surface area contributed by atoms with Crippen LogP contribution >= 0.6 is 11.8 Å². The van der Waals surface area contributed by atoms with Gasteiger partial charge < -0.3 is 30.1 Å². The first-order valence-electron chi connectivity index (χ1n) is 13.6. The van der Waals surface area contributed by atoms with Crippen LogP contribution in [0.25, 0.3) is 0 Å². The summed E-state index contributed by atoms with van der Waals surface area (Å²) < 4.78 is 9.74. The summed E-state index contributed by atoms with van der Waals surface area (Å²) in [5.41, 5.74) is 0.638. The summed E-state index contributed by atoms with van der Waals surface area (Å²) in [4.78, 5) is 44.9. The quantitative estimate of drug-likeness (QED) is 0.397. The van der Waals surface area contributed by atoms with Crippen LogP contribution in [0.5, 0.6) is 5.75 Å². The second-order valence-electron chi connectivity index (χ2n) is 10.7. The fourth-order valence-corrected chi connectivity index (χ4v) is 9.11. The molecule has 1 aromatic carbocycles. The molecule has 4 fully saturated rings.